The van der Waals surface area contributed by atoms with Crippen LogP contribution in [0.25, 0.3) is 21.6 Å². The number of halogens is 2. The number of anilines is 1. The minimum absolute atomic E-state index is 0.0441. The molecule has 0 aliphatic carbocycles. The lowest BCUT2D eigenvalue weighted by molar-refractivity contribution is 0.0703. The van der Waals surface area contributed by atoms with E-state index >= 15 is 0 Å². The van der Waals surface area contributed by atoms with Gasteiger partial charge in [0.15, 0.2) is 0 Å². The Morgan fingerprint density at radius 2 is 1.81 bits per heavy atom. The molecule has 8 heteroatoms. The third-order valence-corrected chi connectivity index (χ3v) is 6.41. The molecule has 0 unspecified atom stereocenters. The third kappa shape index (κ3) is 4.06. The zero-order chi connectivity index (χ0) is 22.3. The van der Waals surface area contributed by atoms with Crippen LogP contribution >= 0.6 is 34.5 Å². The number of carbonyl (C=O) groups excluding carboxylic acids is 1. The Kier molecular flexibility index (Phi) is 5.79. The number of carboxylic acid groups (broad SMARTS) is 1. The van der Waals surface area contributed by atoms with Gasteiger partial charge in [0.05, 0.1) is 21.2 Å². The van der Waals surface area contributed by atoms with E-state index in [9.17, 15) is 14.7 Å². The summed E-state index contributed by atoms with van der Waals surface area (Å²) >= 11 is 13.3. The van der Waals surface area contributed by atoms with Gasteiger partial charge in [-0.05, 0) is 50.2 Å². The monoisotopic (exact) mass is 473 g/mol. The van der Waals surface area contributed by atoms with Crippen molar-refractivity contribution in [2.75, 3.05) is 4.90 Å². The van der Waals surface area contributed by atoms with E-state index in [1.165, 1.54) is 17.0 Å². The molecule has 2 aromatic carbocycles. The Morgan fingerprint density at radius 1 is 1.06 bits per heavy atom. The van der Waals surface area contributed by atoms with Gasteiger partial charge in [0.25, 0.3) is 5.91 Å². The van der Waals surface area contributed by atoms with Gasteiger partial charge in [-0.1, -0.05) is 41.4 Å². The largest absolute Gasteiger partial charge is 0.477 e. The molecule has 0 saturated heterocycles. The molecule has 0 radical (unpaired) electrons. The van der Waals surface area contributed by atoms with E-state index in [1.807, 2.05) is 44.2 Å². The van der Waals surface area contributed by atoms with Crippen LogP contribution < -0.4 is 4.90 Å². The summed E-state index contributed by atoms with van der Waals surface area (Å²) in [6.07, 6.45) is 0. The van der Waals surface area contributed by atoms with Crippen molar-refractivity contribution in [3.63, 3.8) is 0 Å². The molecule has 0 bridgehead atoms. The van der Waals surface area contributed by atoms with Crippen molar-refractivity contribution in [3.8, 4) is 10.6 Å². The molecule has 158 valence electrons. The number of nitrogens with zero attached hydrogens (tertiary/aromatic N) is 1. The van der Waals surface area contributed by atoms with Crippen molar-refractivity contribution in [3.05, 3.63) is 75.1 Å². The third-order valence-electron chi connectivity index (χ3n) is 4.73. The van der Waals surface area contributed by atoms with Gasteiger partial charge in [0.2, 0.25) is 0 Å². The molecule has 0 saturated carbocycles. The number of aromatic carboxylic acids is 1. The Hall–Kier alpha value is -2.80. The first-order valence-electron chi connectivity index (χ1n) is 9.41. The Bertz CT molecular complexity index is 1280. The number of amides is 1. The number of benzene rings is 2. The Labute approximate surface area is 192 Å². The lowest BCUT2D eigenvalue weighted by Crippen LogP contribution is -2.37. The lowest BCUT2D eigenvalue weighted by atomic mass is 10.1. The number of hydrogen-bond acceptors (Lipinski definition) is 4. The number of thiophene rings is 1. The SMILES string of the molecule is CC(C)N(C(=O)c1ccc(Cl)cc1Cl)c1cc(-c2cc3ccccc3o2)sc1C(=O)O. The van der Waals surface area contributed by atoms with Crippen LogP contribution in [0.3, 0.4) is 0 Å². The van der Waals surface area contributed by atoms with Crippen LogP contribution in [0.5, 0.6) is 0 Å². The van der Waals surface area contributed by atoms with Crippen molar-refractivity contribution < 1.29 is 19.1 Å². The standard InChI is InChI=1S/C23H17Cl2NO4S/c1-12(2)26(22(27)15-8-7-14(24)10-16(15)25)17-11-20(31-21(17)23(28)29)19-9-13-5-3-4-6-18(13)30-19/h3-12H,1-2H3,(H,28,29). The summed E-state index contributed by atoms with van der Waals surface area (Å²) in [5.41, 5.74) is 1.24. The molecule has 31 heavy (non-hydrogen) atoms. The highest BCUT2D eigenvalue weighted by molar-refractivity contribution is 7.18. The average Bonchev–Trinajstić information content (AvgIpc) is 3.32. The summed E-state index contributed by atoms with van der Waals surface area (Å²) in [6.45, 7) is 3.62. The first-order chi connectivity index (χ1) is 14.8. The second-order valence-electron chi connectivity index (χ2n) is 7.17. The topological polar surface area (TPSA) is 70.8 Å². The maximum atomic E-state index is 13.4. The quantitative estimate of drug-likeness (QED) is 0.332. The van der Waals surface area contributed by atoms with E-state index in [0.29, 0.717) is 26.9 Å². The second kappa shape index (κ2) is 8.38. The van der Waals surface area contributed by atoms with E-state index < -0.39 is 11.9 Å². The van der Waals surface area contributed by atoms with E-state index in [1.54, 1.807) is 12.1 Å². The van der Waals surface area contributed by atoms with Gasteiger partial charge >= 0.3 is 5.97 Å². The molecular weight excluding hydrogens is 457 g/mol. The fraction of sp³-hybridized carbons (Fsp3) is 0.130. The lowest BCUT2D eigenvalue weighted by Gasteiger charge is -2.27. The highest BCUT2D eigenvalue weighted by atomic mass is 35.5. The molecule has 1 N–H and O–H groups in total. The van der Waals surface area contributed by atoms with Crippen LogP contribution in [-0.4, -0.2) is 23.0 Å². The molecule has 2 aromatic heterocycles. The first-order valence-corrected chi connectivity index (χ1v) is 11.0. The fourth-order valence-electron chi connectivity index (χ4n) is 3.35. The van der Waals surface area contributed by atoms with E-state index in [4.69, 9.17) is 27.6 Å². The molecule has 5 nitrogen and oxygen atoms in total. The molecule has 0 fully saturated rings. The van der Waals surface area contributed by atoms with Gasteiger partial charge in [0.1, 0.15) is 16.2 Å². The number of furan rings is 1. The van der Waals surface area contributed by atoms with Crippen LogP contribution in [0.4, 0.5) is 5.69 Å². The normalized spacial score (nSPS) is 11.3. The summed E-state index contributed by atoms with van der Waals surface area (Å²) < 4.78 is 5.90. The number of fused-ring (bicyclic) bond motifs is 1. The van der Waals surface area contributed by atoms with Crippen LogP contribution in [-0.2, 0) is 0 Å². The zero-order valence-corrected chi connectivity index (χ0v) is 18.9. The van der Waals surface area contributed by atoms with Crippen molar-refractivity contribution in [1.82, 2.24) is 0 Å². The summed E-state index contributed by atoms with van der Waals surface area (Å²) in [6, 6.07) is 15.3. The maximum absolute atomic E-state index is 13.4. The summed E-state index contributed by atoms with van der Waals surface area (Å²) in [7, 11) is 0. The average molecular weight is 474 g/mol. The predicted molar refractivity (Wildman–Crippen MR) is 125 cm³/mol. The van der Waals surface area contributed by atoms with Gasteiger partial charge in [-0.2, -0.15) is 0 Å². The number of rotatable bonds is 5. The maximum Gasteiger partial charge on any atom is 0.348 e. The first kappa shape index (κ1) is 21.4. The van der Waals surface area contributed by atoms with Crippen molar-refractivity contribution >= 4 is 63.1 Å². The number of carboxylic acids is 1. The summed E-state index contributed by atoms with van der Waals surface area (Å²) in [4.78, 5) is 27.5. The van der Waals surface area contributed by atoms with Crippen LogP contribution in [0.15, 0.2) is 59.0 Å². The van der Waals surface area contributed by atoms with Crippen molar-refractivity contribution in [1.29, 1.82) is 0 Å². The molecular formula is C23H17Cl2NO4S. The molecule has 4 aromatic rings. The van der Waals surface area contributed by atoms with Crippen molar-refractivity contribution in [2.24, 2.45) is 0 Å². The molecule has 2 heterocycles. The molecule has 0 aliphatic rings. The highest BCUT2D eigenvalue weighted by Crippen LogP contribution is 2.40. The van der Waals surface area contributed by atoms with E-state index in [2.05, 4.69) is 0 Å². The molecule has 0 aliphatic heterocycles. The van der Waals surface area contributed by atoms with Crippen LogP contribution in [0, 0.1) is 0 Å². The minimum atomic E-state index is -1.12. The summed E-state index contributed by atoms with van der Waals surface area (Å²) in [5.74, 6) is -0.989. The van der Waals surface area contributed by atoms with Gasteiger partial charge in [-0.3, -0.25) is 4.79 Å². The Morgan fingerprint density at radius 3 is 2.45 bits per heavy atom. The van der Waals surface area contributed by atoms with E-state index in [0.717, 1.165) is 16.7 Å². The van der Waals surface area contributed by atoms with Crippen molar-refractivity contribution in [2.45, 2.75) is 19.9 Å². The summed E-state index contributed by atoms with van der Waals surface area (Å²) in [5, 5.41) is 11.4. The number of hydrogen-bond donors (Lipinski definition) is 1. The predicted octanol–water partition coefficient (Wildman–Crippen LogP) is 7.22. The van der Waals surface area contributed by atoms with Gasteiger partial charge in [-0.15, -0.1) is 11.3 Å². The van der Waals surface area contributed by atoms with Crippen LogP contribution in [0.2, 0.25) is 10.0 Å². The second-order valence-corrected chi connectivity index (χ2v) is 9.07. The zero-order valence-electron chi connectivity index (χ0n) is 16.6. The fourth-order valence-corrected chi connectivity index (χ4v) is 4.78. The van der Waals surface area contributed by atoms with Gasteiger partial charge < -0.3 is 14.4 Å². The number of carbonyl (C=O) groups is 2. The smallest absolute Gasteiger partial charge is 0.348 e. The number of para-hydroxylation sites is 1. The minimum Gasteiger partial charge on any atom is -0.477 e. The molecule has 0 spiro atoms. The Balaban J connectivity index is 1.83. The molecule has 4 rings (SSSR count). The highest BCUT2D eigenvalue weighted by Gasteiger charge is 2.29. The van der Waals surface area contributed by atoms with Gasteiger partial charge in [0, 0.05) is 16.5 Å². The van der Waals surface area contributed by atoms with Gasteiger partial charge in [-0.25, -0.2) is 4.79 Å². The van der Waals surface area contributed by atoms with E-state index in [-0.39, 0.29) is 21.5 Å². The van der Waals surface area contributed by atoms with Crippen LogP contribution in [0.1, 0.15) is 33.9 Å². The molecule has 0 atom stereocenters. The molecule has 1 amide bonds.